The fraction of sp³-hybridized carbons (Fsp3) is 0.296. The number of nitrogens with two attached hydrogens (primary N) is 1. The molecule has 0 unspecified atom stereocenters. The highest BCUT2D eigenvalue weighted by Gasteiger charge is 2.46. The van der Waals surface area contributed by atoms with Crippen LogP contribution in [-0.2, 0) is 26.0 Å². The van der Waals surface area contributed by atoms with Crippen LogP contribution < -0.4 is 15.4 Å². The van der Waals surface area contributed by atoms with E-state index in [-0.39, 0.29) is 10.6 Å². The molecular formula is C27H30N2O6S. The Labute approximate surface area is 211 Å². The van der Waals surface area contributed by atoms with Gasteiger partial charge in [0, 0.05) is 6.54 Å². The van der Waals surface area contributed by atoms with Gasteiger partial charge in [-0.1, -0.05) is 30.3 Å². The maximum atomic E-state index is 13.3. The van der Waals surface area contributed by atoms with Crippen molar-refractivity contribution in [2.75, 3.05) is 26.0 Å². The number of nitrogens with zero attached hydrogens (tertiary/aromatic N) is 1. The molecule has 3 aromatic rings. The van der Waals surface area contributed by atoms with Crippen molar-refractivity contribution in [3.05, 3.63) is 84.4 Å². The number of hydrogen-bond acceptors (Lipinski definition) is 8. The lowest BCUT2D eigenvalue weighted by Gasteiger charge is -2.39. The van der Waals surface area contributed by atoms with E-state index in [4.69, 9.17) is 15.4 Å². The third-order valence-electron chi connectivity index (χ3n) is 6.52. The normalized spacial score (nSPS) is 15.7. The monoisotopic (exact) mass is 510 g/mol. The number of rotatable bonds is 9. The average molecular weight is 511 g/mol. The van der Waals surface area contributed by atoms with Crippen LogP contribution in [0.15, 0.2) is 83.8 Å². The molecule has 1 saturated heterocycles. The van der Waals surface area contributed by atoms with E-state index in [9.17, 15) is 13.2 Å². The van der Waals surface area contributed by atoms with Gasteiger partial charge in [0.2, 0.25) is 0 Å². The molecule has 0 atom stereocenters. The summed E-state index contributed by atoms with van der Waals surface area (Å²) in [6.45, 7) is 1.73. The van der Waals surface area contributed by atoms with Gasteiger partial charge in [0.05, 0.1) is 23.2 Å². The first-order chi connectivity index (χ1) is 17.3. The zero-order valence-corrected chi connectivity index (χ0v) is 20.9. The van der Waals surface area contributed by atoms with Gasteiger partial charge in [-0.05, 0) is 80.0 Å². The maximum Gasteiger partial charge on any atom is 0.331 e. The Kier molecular flexibility index (Phi) is 7.93. The fourth-order valence-corrected chi connectivity index (χ4v) is 6.34. The van der Waals surface area contributed by atoms with Crippen molar-refractivity contribution < 1.29 is 27.5 Å². The second kappa shape index (κ2) is 11.1. The van der Waals surface area contributed by atoms with E-state index in [2.05, 4.69) is 9.74 Å². The van der Waals surface area contributed by atoms with Crippen LogP contribution in [0.1, 0.15) is 18.4 Å². The minimum absolute atomic E-state index is 0.117. The average Bonchev–Trinajstić information content (AvgIpc) is 2.90. The molecule has 9 heteroatoms. The number of hydrogen-bond donors (Lipinski definition) is 1. The number of benzene rings is 3. The molecule has 8 nitrogen and oxygen atoms in total. The smallest absolute Gasteiger partial charge is 0.331 e. The Morgan fingerprint density at radius 1 is 0.917 bits per heavy atom. The maximum absolute atomic E-state index is 13.3. The second-order valence-electron chi connectivity index (χ2n) is 8.96. The summed E-state index contributed by atoms with van der Waals surface area (Å²) < 4.78 is 37.7. The Hall–Kier alpha value is -3.40. The summed E-state index contributed by atoms with van der Waals surface area (Å²) in [5.41, 5.74) is -0.133. The van der Waals surface area contributed by atoms with Gasteiger partial charge in [-0.15, -0.1) is 0 Å². The molecule has 0 aromatic heterocycles. The largest absolute Gasteiger partial charge is 0.497 e. The number of para-hydroxylation sites is 1. The number of carbonyl (C=O) groups excluding carboxylic acids is 1. The molecule has 0 saturated carbocycles. The fourth-order valence-electron chi connectivity index (χ4n) is 4.49. The highest BCUT2D eigenvalue weighted by molar-refractivity contribution is 7.91. The van der Waals surface area contributed by atoms with Crippen molar-refractivity contribution in [1.29, 1.82) is 0 Å². The molecule has 0 amide bonds. The first-order valence-corrected chi connectivity index (χ1v) is 13.3. The molecule has 4 rings (SSSR count). The van der Waals surface area contributed by atoms with Crippen LogP contribution in [0.3, 0.4) is 0 Å². The summed E-state index contributed by atoms with van der Waals surface area (Å²) in [5, 5.41) is 0. The first-order valence-electron chi connectivity index (χ1n) is 11.7. The van der Waals surface area contributed by atoms with E-state index in [1.807, 2.05) is 54.6 Å². The molecule has 2 N–H and O–H groups in total. The molecule has 3 aromatic carbocycles. The van der Waals surface area contributed by atoms with E-state index in [0.29, 0.717) is 44.0 Å². The number of ether oxygens (including phenoxy) is 2. The summed E-state index contributed by atoms with van der Waals surface area (Å²) in [6, 6.07) is 23.2. The number of likely N-dealkylation sites (tertiary alicyclic amines) is 1. The van der Waals surface area contributed by atoms with Crippen molar-refractivity contribution in [3.8, 4) is 17.2 Å². The quantitative estimate of drug-likeness (QED) is 0.431. The molecule has 0 radical (unpaired) electrons. The molecule has 190 valence electrons. The highest BCUT2D eigenvalue weighted by atomic mass is 32.2. The second-order valence-corrected chi connectivity index (χ2v) is 10.9. The summed E-state index contributed by atoms with van der Waals surface area (Å²) in [7, 11) is -2.17. The zero-order valence-electron chi connectivity index (χ0n) is 20.1. The third-order valence-corrected chi connectivity index (χ3v) is 8.44. The topological polar surface area (TPSA) is 108 Å². The van der Waals surface area contributed by atoms with E-state index < -0.39 is 21.2 Å². The highest BCUT2D eigenvalue weighted by Crippen LogP contribution is 2.37. The molecule has 1 aliphatic rings. The summed E-state index contributed by atoms with van der Waals surface area (Å²) in [5.74, 6) is 6.11. The number of methoxy groups -OCH3 is 1. The molecular weight excluding hydrogens is 480 g/mol. The standard InChI is InChI=1S/C27H30N2O6S/c1-33-24-9-5-6-21(18-24)19-29-16-14-27(15-17-29,26(30)35-28)20-36(31,32)25-12-10-23(11-13-25)34-22-7-3-2-4-8-22/h2-13,18H,14-17,19-20,28H2,1H3. The van der Waals surface area contributed by atoms with Crippen molar-refractivity contribution in [2.24, 2.45) is 11.3 Å². The minimum Gasteiger partial charge on any atom is -0.497 e. The van der Waals surface area contributed by atoms with Crippen LogP contribution in [0.25, 0.3) is 0 Å². The first kappa shape index (κ1) is 25.7. The predicted molar refractivity (Wildman–Crippen MR) is 135 cm³/mol. The molecule has 0 aliphatic carbocycles. The molecule has 0 spiro atoms. The van der Waals surface area contributed by atoms with Crippen LogP contribution in [0, 0.1) is 5.41 Å². The van der Waals surface area contributed by atoms with Gasteiger partial charge in [0.15, 0.2) is 9.84 Å². The van der Waals surface area contributed by atoms with Crippen LogP contribution in [0.2, 0.25) is 0 Å². The van der Waals surface area contributed by atoms with Crippen LogP contribution in [0.5, 0.6) is 17.2 Å². The minimum atomic E-state index is -3.80. The zero-order chi connectivity index (χ0) is 25.6. The Morgan fingerprint density at radius 2 is 1.56 bits per heavy atom. The van der Waals surface area contributed by atoms with Gasteiger partial charge in [-0.2, -0.15) is 5.90 Å². The van der Waals surface area contributed by atoms with Crippen LogP contribution in [-0.4, -0.2) is 45.2 Å². The third kappa shape index (κ3) is 6.04. The van der Waals surface area contributed by atoms with Crippen LogP contribution in [0.4, 0.5) is 0 Å². The predicted octanol–water partition coefficient (Wildman–Crippen LogP) is 3.96. The molecule has 36 heavy (non-hydrogen) atoms. The summed E-state index contributed by atoms with van der Waals surface area (Å²) >= 11 is 0. The van der Waals surface area contributed by atoms with Crippen molar-refractivity contribution in [1.82, 2.24) is 4.90 Å². The SMILES string of the molecule is COc1cccc(CN2CCC(CS(=O)(=O)c3ccc(Oc4ccccc4)cc3)(C(=O)ON)CC2)c1. The molecule has 1 heterocycles. The van der Waals surface area contributed by atoms with Crippen LogP contribution >= 0.6 is 0 Å². The number of piperidine rings is 1. The van der Waals surface area contributed by atoms with E-state index >= 15 is 0 Å². The van der Waals surface area contributed by atoms with E-state index in [0.717, 1.165) is 11.3 Å². The summed E-state index contributed by atoms with van der Waals surface area (Å²) in [6.07, 6.45) is 0.642. The number of carbonyl (C=O) groups is 1. The van der Waals surface area contributed by atoms with Gasteiger partial charge in [-0.25, -0.2) is 13.2 Å². The lowest BCUT2D eigenvalue weighted by atomic mass is 9.80. The Bertz CT molecular complexity index is 1270. The number of sulfone groups is 1. The Balaban J connectivity index is 1.45. The summed E-state index contributed by atoms with van der Waals surface area (Å²) in [4.78, 5) is 19.6. The lowest BCUT2D eigenvalue weighted by molar-refractivity contribution is -0.158. The van der Waals surface area contributed by atoms with Gasteiger partial charge < -0.3 is 14.3 Å². The van der Waals surface area contributed by atoms with Gasteiger partial charge in [0.25, 0.3) is 0 Å². The lowest BCUT2D eigenvalue weighted by Crippen LogP contribution is -2.49. The van der Waals surface area contributed by atoms with Gasteiger partial charge in [-0.3, -0.25) is 4.90 Å². The molecule has 1 aliphatic heterocycles. The van der Waals surface area contributed by atoms with E-state index in [1.54, 1.807) is 19.2 Å². The van der Waals surface area contributed by atoms with Crippen molar-refractivity contribution in [2.45, 2.75) is 24.3 Å². The van der Waals surface area contributed by atoms with Crippen molar-refractivity contribution >= 4 is 15.8 Å². The van der Waals surface area contributed by atoms with Crippen molar-refractivity contribution in [3.63, 3.8) is 0 Å². The van der Waals surface area contributed by atoms with Gasteiger partial charge in [0.1, 0.15) is 17.2 Å². The Morgan fingerprint density at radius 3 is 2.19 bits per heavy atom. The van der Waals surface area contributed by atoms with E-state index in [1.165, 1.54) is 12.1 Å². The molecule has 0 bridgehead atoms. The van der Waals surface area contributed by atoms with Gasteiger partial charge >= 0.3 is 5.97 Å². The molecule has 1 fully saturated rings.